The van der Waals surface area contributed by atoms with E-state index in [9.17, 15) is 4.79 Å². The maximum Gasteiger partial charge on any atom is 0.241 e. The Morgan fingerprint density at radius 3 is 2.90 bits per heavy atom. The number of hydrogen-bond donors (Lipinski definition) is 1. The number of anilines is 1. The van der Waals surface area contributed by atoms with Gasteiger partial charge in [-0.2, -0.15) is 0 Å². The zero-order valence-electron chi connectivity index (χ0n) is 12.2. The summed E-state index contributed by atoms with van der Waals surface area (Å²) in [4.78, 5) is 16.3. The van der Waals surface area contributed by atoms with Crippen molar-refractivity contribution >= 4 is 22.9 Å². The van der Waals surface area contributed by atoms with Gasteiger partial charge in [-0.25, -0.2) is 0 Å². The van der Waals surface area contributed by atoms with Crippen LogP contribution in [0, 0.1) is 0 Å². The molecule has 0 saturated carbocycles. The number of fused-ring (bicyclic) bond motifs is 1. The number of nitrogens with one attached hydrogen (secondary N) is 1. The molecule has 0 fully saturated rings. The predicted octanol–water partition coefficient (Wildman–Crippen LogP) is 3.52. The van der Waals surface area contributed by atoms with Crippen molar-refractivity contribution in [2.45, 2.75) is 32.4 Å². The quantitative estimate of drug-likeness (QED) is 0.937. The highest BCUT2D eigenvalue weighted by atomic mass is 32.1. The predicted molar refractivity (Wildman–Crippen MR) is 87.6 cm³/mol. The first-order valence-corrected chi connectivity index (χ1v) is 8.31. The van der Waals surface area contributed by atoms with Crippen LogP contribution in [0.2, 0.25) is 0 Å². The Bertz CT molecular complexity index is 608. The standard InChI is InChI=1S/C17H20N2OS/c1-2-15(17(20)18-14-6-4-3-5-7-14)19-10-8-16-13(12-19)9-11-21-16/h3-7,9,11,15H,2,8,10,12H2,1H3,(H,18,20). The van der Waals surface area contributed by atoms with Gasteiger partial charge >= 0.3 is 0 Å². The summed E-state index contributed by atoms with van der Waals surface area (Å²) in [5.41, 5.74) is 2.26. The fourth-order valence-electron chi connectivity index (χ4n) is 2.89. The summed E-state index contributed by atoms with van der Waals surface area (Å²) >= 11 is 1.83. The number of amides is 1. The second kappa shape index (κ2) is 6.41. The maximum absolute atomic E-state index is 12.5. The molecule has 2 heterocycles. The lowest BCUT2D eigenvalue weighted by atomic mass is 10.1. The molecule has 0 bridgehead atoms. The lowest BCUT2D eigenvalue weighted by molar-refractivity contribution is -0.121. The van der Waals surface area contributed by atoms with Crippen LogP contribution in [0.5, 0.6) is 0 Å². The summed E-state index contributed by atoms with van der Waals surface area (Å²) in [6, 6.07) is 11.8. The minimum atomic E-state index is -0.0572. The topological polar surface area (TPSA) is 32.3 Å². The number of rotatable bonds is 4. The minimum absolute atomic E-state index is 0.0572. The van der Waals surface area contributed by atoms with Crippen molar-refractivity contribution in [2.24, 2.45) is 0 Å². The molecule has 0 saturated heterocycles. The van der Waals surface area contributed by atoms with Crippen molar-refractivity contribution in [3.8, 4) is 0 Å². The molecule has 4 heteroatoms. The second-order valence-electron chi connectivity index (χ2n) is 5.37. The normalized spacial score (nSPS) is 16.2. The molecule has 1 aromatic heterocycles. The highest BCUT2D eigenvalue weighted by molar-refractivity contribution is 7.10. The average Bonchev–Trinajstić information content (AvgIpc) is 2.96. The molecule has 1 atom stereocenters. The molecule has 1 aliphatic heterocycles. The Morgan fingerprint density at radius 1 is 1.33 bits per heavy atom. The largest absolute Gasteiger partial charge is 0.325 e. The molecular formula is C17H20N2OS. The average molecular weight is 300 g/mol. The molecule has 0 radical (unpaired) electrons. The molecule has 1 N–H and O–H groups in total. The summed E-state index contributed by atoms with van der Waals surface area (Å²) < 4.78 is 0. The van der Waals surface area contributed by atoms with Crippen molar-refractivity contribution in [1.82, 2.24) is 4.90 Å². The highest BCUT2D eigenvalue weighted by Crippen LogP contribution is 2.26. The summed E-state index contributed by atoms with van der Waals surface area (Å²) in [6.07, 6.45) is 1.89. The number of carbonyl (C=O) groups excluding carboxylic acids is 1. The molecule has 1 amide bonds. The van der Waals surface area contributed by atoms with Gasteiger partial charge in [-0.1, -0.05) is 25.1 Å². The Morgan fingerprint density at radius 2 is 2.14 bits per heavy atom. The highest BCUT2D eigenvalue weighted by Gasteiger charge is 2.27. The van der Waals surface area contributed by atoms with Crippen LogP contribution >= 0.6 is 11.3 Å². The van der Waals surface area contributed by atoms with Gasteiger partial charge in [0.05, 0.1) is 6.04 Å². The summed E-state index contributed by atoms with van der Waals surface area (Å²) in [5.74, 6) is 0.0994. The van der Waals surface area contributed by atoms with Crippen LogP contribution in [0.15, 0.2) is 41.8 Å². The van der Waals surface area contributed by atoms with E-state index in [4.69, 9.17) is 0 Å². The zero-order valence-corrected chi connectivity index (χ0v) is 13.0. The van der Waals surface area contributed by atoms with Crippen molar-refractivity contribution in [1.29, 1.82) is 0 Å². The number of para-hydroxylation sites is 1. The third-order valence-corrected chi connectivity index (χ3v) is 5.03. The van der Waals surface area contributed by atoms with Gasteiger partial charge in [0, 0.05) is 23.7 Å². The Balaban J connectivity index is 1.69. The van der Waals surface area contributed by atoms with Gasteiger partial charge in [-0.05, 0) is 42.0 Å². The Kier molecular flexibility index (Phi) is 4.36. The Hall–Kier alpha value is -1.65. The second-order valence-corrected chi connectivity index (χ2v) is 6.37. The number of carbonyl (C=O) groups is 1. The van der Waals surface area contributed by atoms with Crippen molar-refractivity contribution in [3.05, 3.63) is 52.2 Å². The van der Waals surface area contributed by atoms with E-state index in [0.29, 0.717) is 0 Å². The van der Waals surface area contributed by atoms with E-state index in [0.717, 1.165) is 31.6 Å². The summed E-state index contributed by atoms with van der Waals surface area (Å²) in [5, 5.41) is 5.18. The van der Waals surface area contributed by atoms with E-state index >= 15 is 0 Å². The third kappa shape index (κ3) is 3.17. The molecule has 3 nitrogen and oxygen atoms in total. The fourth-order valence-corrected chi connectivity index (χ4v) is 3.78. The van der Waals surface area contributed by atoms with E-state index in [1.54, 1.807) is 0 Å². The lowest BCUT2D eigenvalue weighted by Crippen LogP contribution is -2.45. The molecule has 110 valence electrons. The number of benzene rings is 1. The van der Waals surface area contributed by atoms with Crippen LogP contribution in [0.3, 0.4) is 0 Å². The van der Waals surface area contributed by atoms with Crippen molar-refractivity contribution in [3.63, 3.8) is 0 Å². The smallest absolute Gasteiger partial charge is 0.241 e. The van der Waals surface area contributed by atoms with Crippen LogP contribution in [0.4, 0.5) is 5.69 Å². The number of nitrogens with zero attached hydrogens (tertiary/aromatic N) is 1. The van der Waals surface area contributed by atoms with Crippen molar-refractivity contribution < 1.29 is 4.79 Å². The van der Waals surface area contributed by atoms with Gasteiger partial charge in [0.1, 0.15) is 0 Å². The van der Waals surface area contributed by atoms with Gasteiger partial charge in [0.2, 0.25) is 5.91 Å². The van der Waals surface area contributed by atoms with Crippen molar-refractivity contribution in [2.75, 3.05) is 11.9 Å². The Labute approximate surface area is 129 Å². The molecule has 0 aliphatic carbocycles. The SMILES string of the molecule is CCC(C(=O)Nc1ccccc1)N1CCc2sccc2C1. The molecule has 3 rings (SSSR count). The van der Waals surface area contributed by atoms with Gasteiger partial charge in [-0.15, -0.1) is 11.3 Å². The van der Waals surface area contributed by atoms with E-state index in [2.05, 4.69) is 28.6 Å². The maximum atomic E-state index is 12.5. The van der Waals surface area contributed by atoms with Gasteiger partial charge < -0.3 is 5.32 Å². The third-order valence-electron chi connectivity index (χ3n) is 4.01. The molecule has 2 aromatic rings. The van der Waals surface area contributed by atoms with Crippen LogP contribution in [0.1, 0.15) is 23.8 Å². The summed E-state index contributed by atoms with van der Waals surface area (Å²) in [6.45, 7) is 3.94. The van der Waals surface area contributed by atoms with E-state index in [1.807, 2.05) is 41.7 Å². The monoisotopic (exact) mass is 300 g/mol. The van der Waals surface area contributed by atoms with Gasteiger partial charge in [0.25, 0.3) is 0 Å². The molecule has 1 aromatic carbocycles. The lowest BCUT2D eigenvalue weighted by Gasteiger charge is -2.33. The van der Waals surface area contributed by atoms with Gasteiger partial charge in [0.15, 0.2) is 0 Å². The fraction of sp³-hybridized carbons (Fsp3) is 0.353. The van der Waals surface area contributed by atoms with E-state index in [1.165, 1.54) is 10.4 Å². The molecular weight excluding hydrogens is 280 g/mol. The summed E-state index contributed by atoms with van der Waals surface area (Å²) in [7, 11) is 0. The van der Waals surface area contributed by atoms with Crippen LogP contribution in [-0.4, -0.2) is 23.4 Å². The van der Waals surface area contributed by atoms with E-state index < -0.39 is 0 Å². The number of hydrogen-bond acceptors (Lipinski definition) is 3. The first kappa shape index (κ1) is 14.3. The van der Waals surface area contributed by atoms with E-state index in [-0.39, 0.29) is 11.9 Å². The first-order chi connectivity index (χ1) is 10.3. The van der Waals surface area contributed by atoms with Crippen LogP contribution in [-0.2, 0) is 17.8 Å². The number of thiophene rings is 1. The molecule has 1 aliphatic rings. The van der Waals surface area contributed by atoms with Crippen LogP contribution in [0.25, 0.3) is 0 Å². The minimum Gasteiger partial charge on any atom is -0.325 e. The van der Waals surface area contributed by atoms with Gasteiger partial charge in [-0.3, -0.25) is 9.69 Å². The molecule has 1 unspecified atom stereocenters. The first-order valence-electron chi connectivity index (χ1n) is 7.43. The van der Waals surface area contributed by atoms with Crippen LogP contribution < -0.4 is 5.32 Å². The molecule has 21 heavy (non-hydrogen) atoms. The zero-order chi connectivity index (χ0) is 14.7. The molecule has 0 spiro atoms.